The Balaban J connectivity index is 2.02. The van der Waals surface area contributed by atoms with Gasteiger partial charge in [-0.25, -0.2) is 4.79 Å². The summed E-state index contributed by atoms with van der Waals surface area (Å²) in [6, 6.07) is 7.63. The monoisotopic (exact) mass is 287 g/mol. The van der Waals surface area contributed by atoms with Gasteiger partial charge in [0.15, 0.2) is 0 Å². The molecule has 0 bridgehead atoms. The van der Waals surface area contributed by atoms with Crippen molar-refractivity contribution in [2.45, 2.75) is 20.0 Å². The summed E-state index contributed by atoms with van der Waals surface area (Å²) < 4.78 is 2.14. The fraction of sp³-hybridized carbons (Fsp3) is 0.438. The Kier molecular flexibility index (Phi) is 3.94. The van der Waals surface area contributed by atoms with Gasteiger partial charge in [0.2, 0.25) is 0 Å². The van der Waals surface area contributed by atoms with Crippen LogP contribution in [-0.2, 0) is 13.1 Å². The van der Waals surface area contributed by atoms with Gasteiger partial charge < -0.3 is 15.0 Å². The molecule has 1 saturated heterocycles. The molecule has 5 heteroatoms. The highest BCUT2D eigenvalue weighted by Gasteiger charge is 2.17. The number of hydrogen-bond acceptors (Lipinski definition) is 3. The Hall–Kier alpha value is -1.85. The van der Waals surface area contributed by atoms with Crippen molar-refractivity contribution in [1.82, 2.24) is 14.8 Å². The Bertz CT molecular complexity index is 657. The van der Waals surface area contributed by atoms with Crippen LogP contribution in [0.3, 0.4) is 0 Å². The number of rotatable bonds is 4. The molecule has 0 unspecified atom stereocenters. The Morgan fingerprint density at radius 2 is 2.10 bits per heavy atom. The van der Waals surface area contributed by atoms with Gasteiger partial charge in [0, 0.05) is 50.3 Å². The molecule has 21 heavy (non-hydrogen) atoms. The molecule has 1 aliphatic heterocycles. The first-order valence-corrected chi connectivity index (χ1v) is 7.48. The minimum absolute atomic E-state index is 0.390. The van der Waals surface area contributed by atoms with Gasteiger partial charge in [0.1, 0.15) is 0 Å². The van der Waals surface area contributed by atoms with Gasteiger partial charge in [0.25, 0.3) is 0 Å². The van der Waals surface area contributed by atoms with Crippen molar-refractivity contribution in [3.63, 3.8) is 0 Å². The van der Waals surface area contributed by atoms with Crippen LogP contribution in [0.25, 0.3) is 10.9 Å². The average Bonchev–Trinajstić information content (AvgIpc) is 2.84. The lowest BCUT2D eigenvalue weighted by atomic mass is 10.1. The second-order valence-corrected chi connectivity index (χ2v) is 5.45. The number of fused-ring (bicyclic) bond motifs is 1. The minimum Gasteiger partial charge on any atom is -0.478 e. The third-order valence-electron chi connectivity index (χ3n) is 4.15. The number of aromatic carboxylic acids is 1. The van der Waals surface area contributed by atoms with E-state index in [0.29, 0.717) is 5.56 Å². The third kappa shape index (κ3) is 2.66. The largest absolute Gasteiger partial charge is 0.478 e. The first-order valence-electron chi connectivity index (χ1n) is 7.48. The van der Waals surface area contributed by atoms with Crippen LogP contribution >= 0.6 is 0 Å². The molecular weight excluding hydrogens is 266 g/mol. The number of aryl methyl sites for hydroxylation is 1. The van der Waals surface area contributed by atoms with Crippen molar-refractivity contribution in [1.29, 1.82) is 0 Å². The van der Waals surface area contributed by atoms with Gasteiger partial charge >= 0.3 is 5.97 Å². The molecule has 2 N–H and O–H groups in total. The number of carbonyl (C=O) groups is 1. The number of aromatic nitrogens is 1. The summed E-state index contributed by atoms with van der Waals surface area (Å²) in [6.45, 7) is 7.85. The van der Waals surface area contributed by atoms with Gasteiger partial charge in [-0.05, 0) is 19.1 Å². The van der Waals surface area contributed by atoms with E-state index in [9.17, 15) is 9.90 Å². The fourth-order valence-electron chi connectivity index (χ4n) is 3.14. The highest BCUT2D eigenvalue weighted by Crippen LogP contribution is 2.25. The molecule has 0 radical (unpaired) electrons. The van der Waals surface area contributed by atoms with Gasteiger partial charge in [-0.1, -0.05) is 12.1 Å². The fourth-order valence-corrected chi connectivity index (χ4v) is 3.14. The molecule has 1 fully saturated rings. The highest BCUT2D eigenvalue weighted by atomic mass is 16.4. The zero-order valence-corrected chi connectivity index (χ0v) is 12.3. The number of piperazine rings is 1. The summed E-state index contributed by atoms with van der Waals surface area (Å²) in [7, 11) is 0. The van der Waals surface area contributed by atoms with E-state index >= 15 is 0 Å². The van der Waals surface area contributed by atoms with Crippen molar-refractivity contribution in [3.05, 3.63) is 35.5 Å². The second kappa shape index (κ2) is 5.87. The molecule has 3 rings (SSSR count). The predicted molar refractivity (Wildman–Crippen MR) is 82.7 cm³/mol. The molecule has 0 atom stereocenters. The lowest BCUT2D eigenvalue weighted by molar-refractivity contribution is 0.0698. The van der Waals surface area contributed by atoms with E-state index in [4.69, 9.17) is 0 Å². The van der Waals surface area contributed by atoms with Crippen LogP contribution < -0.4 is 5.32 Å². The molecule has 1 aromatic carbocycles. The number of benzene rings is 1. The van der Waals surface area contributed by atoms with Crippen LogP contribution in [0.4, 0.5) is 0 Å². The van der Waals surface area contributed by atoms with Crippen molar-refractivity contribution < 1.29 is 9.90 Å². The van der Waals surface area contributed by atoms with Crippen LogP contribution in [-0.4, -0.2) is 46.7 Å². The first-order chi connectivity index (χ1) is 10.2. The van der Waals surface area contributed by atoms with Gasteiger partial charge in [-0.15, -0.1) is 0 Å². The summed E-state index contributed by atoms with van der Waals surface area (Å²) in [5.41, 5.74) is 2.43. The highest BCUT2D eigenvalue weighted by molar-refractivity contribution is 6.02. The third-order valence-corrected chi connectivity index (χ3v) is 4.15. The number of hydrogen-bond donors (Lipinski definition) is 2. The summed E-state index contributed by atoms with van der Waals surface area (Å²) in [5, 5.41) is 13.8. The number of carboxylic acids is 1. The molecule has 0 saturated carbocycles. The quantitative estimate of drug-likeness (QED) is 0.900. The molecule has 112 valence electrons. The minimum atomic E-state index is -0.859. The summed E-state index contributed by atoms with van der Waals surface area (Å²) in [4.78, 5) is 13.9. The smallest absolute Gasteiger partial charge is 0.337 e. The molecular formula is C16H21N3O2. The first kappa shape index (κ1) is 14.1. The van der Waals surface area contributed by atoms with Crippen LogP contribution in [0.5, 0.6) is 0 Å². The number of nitrogens with one attached hydrogen (secondary N) is 1. The van der Waals surface area contributed by atoms with Crippen LogP contribution in [0, 0.1) is 0 Å². The average molecular weight is 287 g/mol. The standard InChI is InChI=1S/C16H21N3O2/c1-2-19-13(11-18-8-6-17-7-9-18)10-12-4-3-5-14(15(12)19)16(20)21/h3-5,10,17H,2,6-9,11H2,1H3,(H,20,21). The maximum absolute atomic E-state index is 11.5. The van der Waals surface area contributed by atoms with Crippen molar-refractivity contribution in [2.24, 2.45) is 0 Å². The van der Waals surface area contributed by atoms with E-state index in [-0.39, 0.29) is 0 Å². The van der Waals surface area contributed by atoms with E-state index in [1.807, 2.05) is 12.1 Å². The summed E-state index contributed by atoms with van der Waals surface area (Å²) in [6.07, 6.45) is 0. The molecule has 2 heterocycles. The predicted octanol–water partition coefficient (Wildman–Crippen LogP) is 1.76. The Morgan fingerprint density at radius 1 is 1.33 bits per heavy atom. The van der Waals surface area contributed by atoms with Gasteiger partial charge in [-0.3, -0.25) is 4.90 Å². The Labute approximate surface area is 124 Å². The van der Waals surface area contributed by atoms with Crippen molar-refractivity contribution in [2.75, 3.05) is 26.2 Å². The maximum Gasteiger partial charge on any atom is 0.337 e. The van der Waals surface area contributed by atoms with E-state index in [2.05, 4.69) is 27.8 Å². The van der Waals surface area contributed by atoms with Crippen molar-refractivity contribution in [3.8, 4) is 0 Å². The van der Waals surface area contributed by atoms with Crippen LogP contribution in [0.2, 0.25) is 0 Å². The normalized spacial score (nSPS) is 16.4. The molecule has 2 aromatic rings. The summed E-state index contributed by atoms with van der Waals surface area (Å²) in [5.74, 6) is -0.859. The molecule has 1 aromatic heterocycles. The molecule has 0 spiro atoms. The van der Waals surface area contributed by atoms with E-state index in [1.165, 1.54) is 5.69 Å². The van der Waals surface area contributed by atoms with E-state index in [1.54, 1.807) is 6.07 Å². The number of carboxylic acid groups (broad SMARTS) is 1. The van der Waals surface area contributed by atoms with Gasteiger partial charge in [0.05, 0.1) is 11.1 Å². The number of para-hydroxylation sites is 1. The van der Waals surface area contributed by atoms with Crippen molar-refractivity contribution >= 4 is 16.9 Å². The summed E-state index contributed by atoms with van der Waals surface area (Å²) >= 11 is 0. The second-order valence-electron chi connectivity index (χ2n) is 5.45. The lowest BCUT2D eigenvalue weighted by Crippen LogP contribution is -2.43. The topological polar surface area (TPSA) is 57.5 Å². The van der Waals surface area contributed by atoms with Crippen LogP contribution in [0.1, 0.15) is 23.0 Å². The van der Waals surface area contributed by atoms with E-state index < -0.39 is 5.97 Å². The molecule has 0 amide bonds. The zero-order chi connectivity index (χ0) is 14.8. The van der Waals surface area contributed by atoms with Gasteiger partial charge in [-0.2, -0.15) is 0 Å². The number of nitrogens with zero attached hydrogens (tertiary/aromatic N) is 2. The molecule has 5 nitrogen and oxygen atoms in total. The van der Waals surface area contributed by atoms with E-state index in [0.717, 1.165) is 50.2 Å². The SMILES string of the molecule is CCn1c(CN2CCNCC2)cc2cccc(C(=O)O)c21. The molecule has 1 aliphatic rings. The van der Waals surface area contributed by atoms with Crippen LogP contribution in [0.15, 0.2) is 24.3 Å². The zero-order valence-electron chi connectivity index (χ0n) is 12.3. The maximum atomic E-state index is 11.5. The lowest BCUT2D eigenvalue weighted by Gasteiger charge is -2.27. The molecule has 0 aliphatic carbocycles. The Morgan fingerprint density at radius 3 is 2.76 bits per heavy atom.